The quantitative estimate of drug-likeness (QED) is 0.165. The third kappa shape index (κ3) is 5.94. The number of anilines is 6. The highest BCUT2D eigenvalue weighted by Gasteiger charge is 2.50. The molecule has 3 nitrogen and oxygen atoms in total. The number of benzene rings is 6. The van der Waals surface area contributed by atoms with Crippen molar-refractivity contribution in [1.29, 1.82) is 0 Å². The zero-order valence-electron chi connectivity index (χ0n) is 41.6. The molecule has 0 unspecified atom stereocenters. The second kappa shape index (κ2) is 13.6. The molecule has 6 aromatic carbocycles. The van der Waals surface area contributed by atoms with Crippen molar-refractivity contribution >= 4 is 68.4 Å². The standard InChI is InChI=1S/C62H67BN2O/c1-57(2)26-28-59(5,6)45-34-40(22-24-43(45)57)64-50-37-48-47(61(9,10)30-31-62(48,11)12)36-49(50)63-54-51(64)32-39(38-18-14-13-15-19-38)33-52(54)65(55-42-20-16-17-21-53(42)66-56(55)63)41-23-25-44-46(35-41)60(7,8)29-27-58(44,3)4/h13-25,32-37H,26-31H2,1-12H3. The minimum absolute atomic E-state index is 0.0351. The normalized spacial score (nSPS) is 20.7. The Kier molecular flexibility index (Phi) is 8.63. The van der Waals surface area contributed by atoms with Crippen LogP contribution in [0.3, 0.4) is 0 Å². The molecule has 5 aliphatic rings. The molecule has 0 N–H and O–H groups in total. The molecule has 334 valence electrons. The van der Waals surface area contributed by atoms with Gasteiger partial charge in [-0.1, -0.05) is 144 Å². The highest BCUT2D eigenvalue weighted by Crippen LogP contribution is 2.55. The maximum Gasteiger partial charge on any atom is 0.297 e. The van der Waals surface area contributed by atoms with Crippen molar-refractivity contribution in [2.24, 2.45) is 0 Å². The molecule has 0 saturated carbocycles. The Hall–Kier alpha value is -5.48. The van der Waals surface area contributed by atoms with Gasteiger partial charge >= 0.3 is 0 Å². The van der Waals surface area contributed by atoms with Crippen LogP contribution >= 0.6 is 0 Å². The van der Waals surface area contributed by atoms with E-state index in [0.717, 1.165) is 35.9 Å². The average molecular weight is 867 g/mol. The van der Waals surface area contributed by atoms with Crippen LogP contribution < -0.4 is 26.4 Å². The Morgan fingerprint density at radius 3 is 1.42 bits per heavy atom. The van der Waals surface area contributed by atoms with Crippen LogP contribution in [0.4, 0.5) is 34.1 Å². The number of fused-ring (bicyclic) bond motifs is 9. The minimum Gasteiger partial charge on any atom is -0.468 e. The third-order valence-corrected chi connectivity index (χ3v) is 17.8. The average Bonchev–Trinajstić information content (AvgIpc) is 3.67. The number of hydrogen-bond acceptors (Lipinski definition) is 3. The summed E-state index contributed by atoms with van der Waals surface area (Å²) in [6.45, 7) is 29.4. The fourth-order valence-electron chi connectivity index (χ4n) is 13.3. The molecular formula is C62H67BN2O. The summed E-state index contributed by atoms with van der Waals surface area (Å²) >= 11 is 0. The van der Waals surface area contributed by atoms with Crippen LogP contribution in [0, 0.1) is 0 Å². The molecule has 0 saturated heterocycles. The van der Waals surface area contributed by atoms with E-state index < -0.39 is 0 Å². The first-order valence-electron chi connectivity index (χ1n) is 25.0. The van der Waals surface area contributed by atoms with Gasteiger partial charge in [-0.3, -0.25) is 0 Å². The molecule has 2 aliphatic heterocycles. The van der Waals surface area contributed by atoms with Crippen LogP contribution in [-0.4, -0.2) is 6.71 Å². The molecule has 12 rings (SSSR count). The van der Waals surface area contributed by atoms with Crippen LogP contribution in [0.25, 0.3) is 22.1 Å². The van der Waals surface area contributed by atoms with Gasteiger partial charge in [0, 0.05) is 33.8 Å². The van der Waals surface area contributed by atoms with Gasteiger partial charge in [0.1, 0.15) is 5.58 Å². The van der Waals surface area contributed by atoms with E-state index in [9.17, 15) is 0 Å². The van der Waals surface area contributed by atoms with Crippen LogP contribution in [0.15, 0.2) is 120 Å². The fourth-order valence-corrected chi connectivity index (χ4v) is 13.3. The maximum atomic E-state index is 7.39. The summed E-state index contributed by atoms with van der Waals surface area (Å²) in [7, 11) is 0. The molecule has 3 aliphatic carbocycles. The summed E-state index contributed by atoms with van der Waals surface area (Å²) in [5, 5.41) is 1.16. The molecule has 1 aromatic heterocycles. The van der Waals surface area contributed by atoms with E-state index in [4.69, 9.17) is 4.42 Å². The van der Waals surface area contributed by atoms with E-state index in [0.29, 0.717) is 0 Å². The Morgan fingerprint density at radius 2 is 0.864 bits per heavy atom. The van der Waals surface area contributed by atoms with E-state index in [1.165, 1.54) is 109 Å². The van der Waals surface area contributed by atoms with Crippen molar-refractivity contribution < 1.29 is 4.42 Å². The zero-order chi connectivity index (χ0) is 46.1. The van der Waals surface area contributed by atoms with Gasteiger partial charge in [-0.05, 0) is 181 Å². The summed E-state index contributed by atoms with van der Waals surface area (Å²) in [6, 6.07) is 45.1. The Bertz CT molecular complexity index is 3180. The topological polar surface area (TPSA) is 19.6 Å². The summed E-state index contributed by atoms with van der Waals surface area (Å²) in [4.78, 5) is 5.28. The molecule has 0 atom stereocenters. The van der Waals surface area contributed by atoms with Gasteiger partial charge < -0.3 is 14.2 Å². The molecule has 4 heteroatoms. The highest BCUT2D eigenvalue weighted by atomic mass is 16.3. The van der Waals surface area contributed by atoms with Gasteiger partial charge in [-0.15, -0.1) is 0 Å². The Labute approximate surface area is 394 Å². The molecule has 7 aromatic rings. The molecule has 0 amide bonds. The number of nitrogens with zero attached hydrogens (tertiary/aromatic N) is 2. The first kappa shape index (κ1) is 41.9. The number of rotatable bonds is 3. The lowest BCUT2D eigenvalue weighted by molar-refractivity contribution is 0.332. The van der Waals surface area contributed by atoms with Crippen LogP contribution in [-0.2, 0) is 32.5 Å². The van der Waals surface area contributed by atoms with E-state index in [1.54, 1.807) is 0 Å². The monoisotopic (exact) mass is 867 g/mol. The van der Waals surface area contributed by atoms with Crippen molar-refractivity contribution in [3.63, 3.8) is 0 Å². The van der Waals surface area contributed by atoms with Crippen LogP contribution in [0.1, 0.15) is 155 Å². The van der Waals surface area contributed by atoms with E-state index in [1.807, 2.05) is 0 Å². The first-order valence-corrected chi connectivity index (χ1v) is 25.0. The molecular weight excluding hydrogens is 800 g/mol. The van der Waals surface area contributed by atoms with Crippen LogP contribution in [0.5, 0.6) is 0 Å². The molecule has 0 fully saturated rings. The fraction of sp³-hybridized carbons (Fsp3) is 0.387. The number of furan rings is 1. The summed E-state index contributed by atoms with van der Waals surface area (Å²) in [5.41, 5.74) is 23.7. The largest absolute Gasteiger partial charge is 0.468 e. The van der Waals surface area contributed by atoms with Gasteiger partial charge in [0.25, 0.3) is 6.71 Å². The zero-order valence-corrected chi connectivity index (χ0v) is 41.6. The first-order chi connectivity index (χ1) is 31.2. The van der Waals surface area contributed by atoms with E-state index >= 15 is 0 Å². The lowest BCUT2D eigenvalue weighted by Gasteiger charge is -2.47. The van der Waals surface area contributed by atoms with Gasteiger partial charge in [-0.25, -0.2) is 0 Å². The molecule has 0 bridgehead atoms. The minimum atomic E-state index is -0.114. The summed E-state index contributed by atoms with van der Waals surface area (Å²) in [6.07, 6.45) is 7.03. The molecule has 3 heterocycles. The molecule has 0 spiro atoms. The smallest absolute Gasteiger partial charge is 0.297 e. The van der Waals surface area contributed by atoms with Crippen molar-refractivity contribution in [2.45, 2.75) is 154 Å². The second-order valence-corrected chi connectivity index (χ2v) is 24.9. The number of hydrogen-bond donors (Lipinski definition) is 0. The predicted molar refractivity (Wildman–Crippen MR) is 282 cm³/mol. The second-order valence-electron chi connectivity index (χ2n) is 24.9. The third-order valence-electron chi connectivity index (χ3n) is 17.8. The van der Waals surface area contributed by atoms with Gasteiger partial charge in [-0.2, -0.15) is 0 Å². The van der Waals surface area contributed by atoms with E-state index in [-0.39, 0.29) is 39.2 Å². The lowest BCUT2D eigenvalue weighted by Crippen LogP contribution is -2.61. The van der Waals surface area contributed by atoms with Crippen molar-refractivity contribution in [1.82, 2.24) is 0 Å². The Morgan fingerprint density at radius 1 is 0.409 bits per heavy atom. The van der Waals surface area contributed by atoms with Crippen LogP contribution in [0.2, 0.25) is 0 Å². The summed E-state index contributed by atoms with van der Waals surface area (Å²) < 4.78 is 7.39. The predicted octanol–water partition coefficient (Wildman–Crippen LogP) is 15.2. The summed E-state index contributed by atoms with van der Waals surface area (Å²) in [5.74, 6) is 0. The SMILES string of the molecule is CC1(C)CCC(C)(C)c2cc(N3c4cc5c(cc4B4c6oc7ccccc7c6N(c6ccc7c(c6)C(C)(C)CCC7(C)C)c6cc(-c7ccccc7)cc3c64)C(C)(C)CCC5(C)C)ccc21. The number of para-hydroxylation sites is 1. The van der Waals surface area contributed by atoms with Crippen molar-refractivity contribution in [2.75, 3.05) is 9.80 Å². The maximum absolute atomic E-state index is 7.39. The molecule has 66 heavy (non-hydrogen) atoms. The van der Waals surface area contributed by atoms with Gasteiger partial charge in [0.05, 0.1) is 11.3 Å². The Balaban J connectivity index is 1.23. The van der Waals surface area contributed by atoms with Crippen molar-refractivity contribution in [3.8, 4) is 11.1 Å². The lowest BCUT2D eigenvalue weighted by atomic mass is 9.35. The van der Waals surface area contributed by atoms with Gasteiger partial charge in [0.15, 0.2) is 0 Å². The van der Waals surface area contributed by atoms with Gasteiger partial charge in [0.2, 0.25) is 0 Å². The molecule has 0 radical (unpaired) electrons. The highest BCUT2D eigenvalue weighted by molar-refractivity contribution is 7.00. The van der Waals surface area contributed by atoms with Crippen molar-refractivity contribution in [3.05, 3.63) is 149 Å². The van der Waals surface area contributed by atoms with E-state index in [2.05, 4.69) is 208 Å².